The van der Waals surface area contributed by atoms with Crippen molar-refractivity contribution in [3.05, 3.63) is 11.6 Å². The second kappa shape index (κ2) is 2.43. The highest BCUT2D eigenvalue weighted by atomic mass is 16.6. The first-order chi connectivity index (χ1) is 5.62. The summed E-state index contributed by atoms with van der Waals surface area (Å²) in [5.74, 6) is 0.719. The fraction of sp³-hybridized carbons (Fsp3) is 0.700. The first-order valence-corrected chi connectivity index (χ1v) is 4.46. The molecule has 0 unspecified atom stereocenters. The lowest BCUT2D eigenvalue weighted by molar-refractivity contribution is -0.117. The highest BCUT2D eigenvalue weighted by Crippen LogP contribution is 2.41. The molecule has 0 amide bonds. The summed E-state index contributed by atoms with van der Waals surface area (Å²) < 4.78 is 5.34. The van der Waals surface area contributed by atoms with Gasteiger partial charge < -0.3 is 4.74 Å². The molecule has 0 saturated carbocycles. The van der Waals surface area contributed by atoms with Crippen LogP contribution in [0.5, 0.6) is 0 Å². The van der Waals surface area contributed by atoms with Crippen molar-refractivity contribution in [1.29, 1.82) is 0 Å². The Morgan fingerprint density at radius 1 is 1.67 bits per heavy atom. The minimum atomic E-state index is 0.0207. The van der Waals surface area contributed by atoms with Crippen molar-refractivity contribution in [2.24, 2.45) is 5.92 Å². The highest BCUT2D eigenvalue weighted by Gasteiger charge is 2.47. The number of carbonyl (C=O) groups excluding carboxylic acids is 1. The Hall–Kier alpha value is -0.630. The molecule has 1 aliphatic heterocycles. The fourth-order valence-electron chi connectivity index (χ4n) is 1.72. The molecule has 0 aromatic carbocycles. The van der Waals surface area contributed by atoms with E-state index in [0.29, 0.717) is 18.1 Å². The molecule has 1 heterocycles. The zero-order valence-electron chi connectivity index (χ0n) is 7.59. The topological polar surface area (TPSA) is 29.6 Å². The summed E-state index contributed by atoms with van der Waals surface area (Å²) in [4.78, 5) is 11.4. The molecular weight excluding hydrogens is 152 g/mol. The third-order valence-electron chi connectivity index (χ3n) is 3.04. The van der Waals surface area contributed by atoms with Gasteiger partial charge in [0, 0.05) is 12.3 Å². The Kier molecular flexibility index (Phi) is 1.62. The van der Waals surface area contributed by atoms with Crippen LogP contribution in [0.4, 0.5) is 0 Å². The summed E-state index contributed by atoms with van der Waals surface area (Å²) in [6, 6.07) is 0. The Morgan fingerprint density at radius 2 is 2.33 bits per heavy atom. The molecule has 1 saturated heterocycles. The van der Waals surface area contributed by atoms with E-state index in [1.807, 2.05) is 13.0 Å². The second-order valence-corrected chi connectivity index (χ2v) is 4.05. The molecule has 0 spiro atoms. The number of allylic oxidation sites excluding steroid dienone is 2. The smallest absolute Gasteiger partial charge is 0.158 e. The summed E-state index contributed by atoms with van der Waals surface area (Å²) >= 11 is 0. The maximum absolute atomic E-state index is 11.4. The molecule has 2 aliphatic rings. The SMILES string of the molecule is CC1=CC[C@H]([C@@]2(C)CO2)CC1=O. The van der Waals surface area contributed by atoms with E-state index in [1.54, 1.807) is 0 Å². The van der Waals surface area contributed by atoms with Crippen LogP contribution in [-0.4, -0.2) is 18.0 Å². The normalized spacial score (nSPS) is 41.0. The van der Waals surface area contributed by atoms with Gasteiger partial charge in [-0.25, -0.2) is 0 Å². The summed E-state index contributed by atoms with van der Waals surface area (Å²) in [5, 5.41) is 0. The van der Waals surface area contributed by atoms with Crippen LogP contribution in [0.3, 0.4) is 0 Å². The third-order valence-corrected chi connectivity index (χ3v) is 3.04. The Bertz CT molecular complexity index is 249. The van der Waals surface area contributed by atoms with Crippen LogP contribution in [0.15, 0.2) is 11.6 Å². The Balaban J connectivity index is 2.09. The lowest BCUT2D eigenvalue weighted by Gasteiger charge is -2.22. The maximum Gasteiger partial charge on any atom is 0.158 e. The second-order valence-electron chi connectivity index (χ2n) is 4.05. The van der Waals surface area contributed by atoms with Gasteiger partial charge in [0.15, 0.2) is 5.78 Å². The van der Waals surface area contributed by atoms with E-state index >= 15 is 0 Å². The van der Waals surface area contributed by atoms with Crippen molar-refractivity contribution in [1.82, 2.24) is 0 Å². The molecule has 2 atom stereocenters. The molecule has 2 rings (SSSR count). The fourth-order valence-corrected chi connectivity index (χ4v) is 1.72. The molecule has 2 heteroatoms. The van der Waals surface area contributed by atoms with Crippen LogP contribution < -0.4 is 0 Å². The van der Waals surface area contributed by atoms with Crippen LogP contribution in [0.25, 0.3) is 0 Å². The van der Waals surface area contributed by atoms with Gasteiger partial charge in [-0.2, -0.15) is 0 Å². The van der Waals surface area contributed by atoms with Crippen LogP contribution in [0, 0.1) is 5.92 Å². The zero-order valence-corrected chi connectivity index (χ0v) is 7.59. The maximum atomic E-state index is 11.4. The largest absolute Gasteiger partial charge is 0.370 e. The van der Waals surface area contributed by atoms with Gasteiger partial charge in [-0.15, -0.1) is 0 Å². The number of hydrogen-bond acceptors (Lipinski definition) is 2. The van der Waals surface area contributed by atoms with Gasteiger partial charge in [0.1, 0.15) is 0 Å². The van der Waals surface area contributed by atoms with E-state index in [0.717, 1.165) is 18.6 Å². The third kappa shape index (κ3) is 1.20. The first-order valence-electron chi connectivity index (χ1n) is 4.46. The van der Waals surface area contributed by atoms with Crippen molar-refractivity contribution in [2.75, 3.05) is 6.61 Å². The molecule has 1 aliphatic carbocycles. The molecule has 66 valence electrons. The van der Waals surface area contributed by atoms with Crippen LogP contribution >= 0.6 is 0 Å². The zero-order chi connectivity index (χ0) is 8.77. The number of rotatable bonds is 1. The standard InChI is InChI=1S/C10H14O2/c1-7-3-4-8(5-9(7)11)10(2)6-12-10/h3,8H,4-6H2,1-2H3/t8-,10+/m0/s1. The molecule has 0 bridgehead atoms. The molecule has 0 radical (unpaired) electrons. The lowest BCUT2D eigenvalue weighted by Crippen LogP contribution is -2.26. The number of epoxide rings is 1. The van der Waals surface area contributed by atoms with Crippen molar-refractivity contribution in [3.8, 4) is 0 Å². The van der Waals surface area contributed by atoms with E-state index in [1.165, 1.54) is 0 Å². The Labute approximate surface area is 72.6 Å². The van der Waals surface area contributed by atoms with Crippen LogP contribution in [0.1, 0.15) is 26.7 Å². The van der Waals surface area contributed by atoms with Gasteiger partial charge in [-0.1, -0.05) is 6.08 Å². The number of ether oxygens (including phenoxy) is 1. The van der Waals surface area contributed by atoms with Gasteiger partial charge in [-0.05, 0) is 25.8 Å². The lowest BCUT2D eigenvalue weighted by atomic mass is 9.81. The van der Waals surface area contributed by atoms with Crippen LogP contribution in [-0.2, 0) is 9.53 Å². The summed E-state index contributed by atoms with van der Waals surface area (Å²) in [6.07, 6.45) is 3.73. The number of carbonyl (C=O) groups is 1. The highest BCUT2D eigenvalue weighted by molar-refractivity contribution is 5.95. The summed E-state index contributed by atoms with van der Waals surface area (Å²) in [6.45, 7) is 4.83. The number of ketones is 1. The van der Waals surface area contributed by atoms with Gasteiger partial charge in [0.25, 0.3) is 0 Å². The monoisotopic (exact) mass is 166 g/mol. The van der Waals surface area contributed by atoms with E-state index in [9.17, 15) is 4.79 Å². The predicted molar refractivity (Wildman–Crippen MR) is 45.8 cm³/mol. The average Bonchev–Trinajstić information content (AvgIpc) is 2.75. The van der Waals surface area contributed by atoms with Crippen molar-refractivity contribution in [2.45, 2.75) is 32.3 Å². The van der Waals surface area contributed by atoms with Crippen molar-refractivity contribution in [3.63, 3.8) is 0 Å². The van der Waals surface area contributed by atoms with Crippen molar-refractivity contribution >= 4 is 5.78 Å². The van der Waals surface area contributed by atoms with Crippen LogP contribution in [0.2, 0.25) is 0 Å². The first kappa shape index (κ1) is 7.99. The molecule has 0 N–H and O–H groups in total. The Morgan fingerprint density at radius 3 is 2.83 bits per heavy atom. The predicted octanol–water partition coefficient (Wildman–Crippen LogP) is 1.70. The minimum Gasteiger partial charge on any atom is -0.370 e. The number of Topliss-reactive ketones (excluding diaryl/α,β-unsaturated/α-hetero) is 1. The molecule has 12 heavy (non-hydrogen) atoms. The van der Waals surface area contributed by atoms with Gasteiger partial charge in [0.05, 0.1) is 12.2 Å². The van der Waals surface area contributed by atoms with Gasteiger partial charge >= 0.3 is 0 Å². The quantitative estimate of drug-likeness (QED) is 0.555. The molecular formula is C10H14O2. The average molecular weight is 166 g/mol. The summed E-state index contributed by atoms with van der Waals surface area (Å²) in [7, 11) is 0. The van der Waals surface area contributed by atoms with Gasteiger partial charge in [-0.3, -0.25) is 4.79 Å². The number of hydrogen-bond donors (Lipinski definition) is 0. The summed E-state index contributed by atoms with van der Waals surface area (Å²) in [5.41, 5.74) is 0.947. The van der Waals surface area contributed by atoms with E-state index < -0.39 is 0 Å². The van der Waals surface area contributed by atoms with E-state index in [-0.39, 0.29) is 5.60 Å². The minimum absolute atomic E-state index is 0.0207. The van der Waals surface area contributed by atoms with Crippen molar-refractivity contribution < 1.29 is 9.53 Å². The molecule has 2 nitrogen and oxygen atoms in total. The molecule has 1 fully saturated rings. The van der Waals surface area contributed by atoms with Gasteiger partial charge in [0.2, 0.25) is 0 Å². The van der Waals surface area contributed by atoms with E-state index in [2.05, 4.69) is 6.92 Å². The molecule has 0 aromatic heterocycles. The molecule has 0 aromatic rings. The van der Waals surface area contributed by atoms with E-state index in [4.69, 9.17) is 4.74 Å².